The van der Waals surface area contributed by atoms with Crippen molar-refractivity contribution < 1.29 is 4.42 Å². The molecular formula is C6H7N3O. The number of hydrogen-bond donors (Lipinski definition) is 0. The Balaban J connectivity index is 2.95. The zero-order valence-electron chi connectivity index (χ0n) is 5.83. The van der Waals surface area contributed by atoms with Gasteiger partial charge < -0.3 is 8.98 Å². The normalized spacial score (nSPS) is 11.0. The Morgan fingerprint density at radius 3 is 3.10 bits per heavy atom. The predicted molar refractivity (Wildman–Crippen MR) is 35.5 cm³/mol. The average molecular weight is 137 g/mol. The molecule has 0 aromatic carbocycles. The van der Waals surface area contributed by atoms with Crippen molar-refractivity contribution in [3.63, 3.8) is 0 Å². The molecule has 10 heavy (non-hydrogen) atoms. The minimum atomic E-state index is 0.611. The minimum absolute atomic E-state index is 0.611. The maximum atomic E-state index is 4.98. The quantitative estimate of drug-likeness (QED) is 0.541. The summed E-state index contributed by atoms with van der Waals surface area (Å²) in [6, 6.07) is 0. The van der Waals surface area contributed by atoms with Gasteiger partial charge in [0, 0.05) is 7.05 Å². The van der Waals surface area contributed by atoms with Gasteiger partial charge in [0.1, 0.15) is 5.82 Å². The number of oxazole rings is 1. The third kappa shape index (κ3) is 0.504. The molecule has 0 spiro atoms. The van der Waals surface area contributed by atoms with Crippen LogP contribution in [-0.2, 0) is 7.05 Å². The Bertz CT molecular complexity index is 360. The molecule has 2 heterocycles. The van der Waals surface area contributed by atoms with Gasteiger partial charge in [-0.2, -0.15) is 9.97 Å². The summed E-state index contributed by atoms with van der Waals surface area (Å²) in [5.41, 5.74) is 1.41. The maximum Gasteiger partial charge on any atom is 0.266 e. The number of rotatable bonds is 0. The van der Waals surface area contributed by atoms with Crippen molar-refractivity contribution in [3.05, 3.63) is 12.2 Å². The van der Waals surface area contributed by atoms with Crippen LogP contribution in [0.2, 0.25) is 0 Å². The summed E-state index contributed by atoms with van der Waals surface area (Å²) < 4.78 is 6.86. The number of nitrogens with zero attached hydrogens (tertiary/aromatic N) is 3. The monoisotopic (exact) mass is 137 g/mol. The van der Waals surface area contributed by atoms with Gasteiger partial charge in [-0.05, 0) is 6.92 Å². The number of aromatic nitrogens is 3. The summed E-state index contributed by atoms with van der Waals surface area (Å²) in [5, 5.41) is 0. The Labute approximate surface area is 57.5 Å². The molecule has 4 nitrogen and oxygen atoms in total. The molecule has 0 aliphatic heterocycles. The fourth-order valence-electron chi connectivity index (χ4n) is 0.916. The molecular weight excluding hydrogens is 130 g/mol. The van der Waals surface area contributed by atoms with E-state index >= 15 is 0 Å². The third-order valence-corrected chi connectivity index (χ3v) is 1.60. The molecule has 0 saturated heterocycles. The van der Waals surface area contributed by atoms with Crippen LogP contribution in [0.15, 0.2) is 10.8 Å². The molecule has 4 heteroatoms. The van der Waals surface area contributed by atoms with Gasteiger partial charge in [-0.15, -0.1) is 0 Å². The highest BCUT2D eigenvalue weighted by Gasteiger charge is 2.06. The summed E-state index contributed by atoms with van der Waals surface area (Å²) >= 11 is 0. The summed E-state index contributed by atoms with van der Waals surface area (Å²) in [6.07, 6.45) is 1.40. The third-order valence-electron chi connectivity index (χ3n) is 1.60. The summed E-state index contributed by atoms with van der Waals surface area (Å²) in [5.74, 6) is 0.918. The van der Waals surface area contributed by atoms with E-state index < -0.39 is 0 Å². The van der Waals surface area contributed by atoms with Gasteiger partial charge in [0.15, 0.2) is 6.39 Å². The Morgan fingerprint density at radius 1 is 1.60 bits per heavy atom. The van der Waals surface area contributed by atoms with E-state index in [1.165, 1.54) is 6.39 Å². The van der Waals surface area contributed by atoms with Gasteiger partial charge in [-0.25, -0.2) is 0 Å². The largest absolute Gasteiger partial charge is 0.424 e. The van der Waals surface area contributed by atoms with Crippen LogP contribution in [0.3, 0.4) is 0 Å². The van der Waals surface area contributed by atoms with E-state index in [9.17, 15) is 0 Å². The van der Waals surface area contributed by atoms with E-state index in [1.807, 2.05) is 18.5 Å². The first-order valence-electron chi connectivity index (χ1n) is 3.01. The van der Waals surface area contributed by atoms with E-state index in [-0.39, 0.29) is 0 Å². The molecule has 0 saturated carbocycles. The van der Waals surface area contributed by atoms with Gasteiger partial charge in [0.2, 0.25) is 5.65 Å². The molecule has 0 radical (unpaired) electrons. The smallest absolute Gasteiger partial charge is 0.266 e. The molecule has 0 unspecified atom stereocenters. The number of fused-ring (bicyclic) bond motifs is 1. The lowest BCUT2D eigenvalue weighted by Crippen LogP contribution is -1.90. The molecule has 2 rings (SSSR count). The van der Waals surface area contributed by atoms with Gasteiger partial charge in [0.25, 0.3) is 5.71 Å². The number of hydrogen-bond acceptors (Lipinski definition) is 3. The zero-order valence-corrected chi connectivity index (χ0v) is 5.83. The average Bonchev–Trinajstić information content (AvgIpc) is 2.41. The van der Waals surface area contributed by atoms with Crippen LogP contribution >= 0.6 is 0 Å². The molecule has 0 N–H and O–H groups in total. The first-order valence-corrected chi connectivity index (χ1v) is 3.01. The zero-order chi connectivity index (χ0) is 7.14. The van der Waals surface area contributed by atoms with Crippen LogP contribution in [0, 0.1) is 6.92 Å². The van der Waals surface area contributed by atoms with E-state index in [2.05, 4.69) is 9.97 Å². The van der Waals surface area contributed by atoms with Crippen LogP contribution in [0.4, 0.5) is 0 Å². The Morgan fingerprint density at radius 2 is 2.40 bits per heavy atom. The van der Waals surface area contributed by atoms with Crippen LogP contribution in [0.25, 0.3) is 11.4 Å². The summed E-state index contributed by atoms with van der Waals surface area (Å²) in [7, 11) is 1.91. The van der Waals surface area contributed by atoms with Crippen molar-refractivity contribution >= 4 is 11.4 Å². The van der Waals surface area contributed by atoms with E-state index in [4.69, 9.17) is 4.42 Å². The van der Waals surface area contributed by atoms with E-state index in [0.29, 0.717) is 5.71 Å². The second-order valence-corrected chi connectivity index (χ2v) is 2.20. The lowest BCUT2D eigenvalue weighted by molar-refractivity contribution is 0.589. The molecule has 2 aromatic rings. The standard InChI is InChI=1S/C6H7N3O/c1-4-8-6-5(9(4)2)7-3-10-6/h3H,1-2H3. The highest BCUT2D eigenvalue weighted by molar-refractivity contribution is 5.63. The van der Waals surface area contributed by atoms with E-state index in [0.717, 1.165) is 11.5 Å². The lowest BCUT2D eigenvalue weighted by Gasteiger charge is -1.89. The Hall–Kier alpha value is -1.32. The van der Waals surface area contributed by atoms with Gasteiger partial charge in [-0.3, -0.25) is 0 Å². The first-order chi connectivity index (χ1) is 4.79. The molecule has 0 bridgehead atoms. The van der Waals surface area contributed by atoms with Crippen molar-refractivity contribution in [1.29, 1.82) is 0 Å². The van der Waals surface area contributed by atoms with Crippen molar-refractivity contribution in [1.82, 2.24) is 14.5 Å². The van der Waals surface area contributed by atoms with Crippen molar-refractivity contribution in [2.24, 2.45) is 7.05 Å². The van der Waals surface area contributed by atoms with Crippen LogP contribution in [0.1, 0.15) is 5.82 Å². The molecule has 0 atom stereocenters. The predicted octanol–water partition coefficient (Wildman–Crippen LogP) is 0.870. The second-order valence-electron chi connectivity index (χ2n) is 2.20. The van der Waals surface area contributed by atoms with Gasteiger partial charge in [0.05, 0.1) is 0 Å². The molecule has 0 aliphatic carbocycles. The van der Waals surface area contributed by atoms with Crippen LogP contribution < -0.4 is 0 Å². The van der Waals surface area contributed by atoms with Crippen molar-refractivity contribution in [3.8, 4) is 0 Å². The topological polar surface area (TPSA) is 43.9 Å². The highest BCUT2D eigenvalue weighted by atomic mass is 16.3. The minimum Gasteiger partial charge on any atom is -0.424 e. The lowest BCUT2D eigenvalue weighted by atomic mass is 10.7. The SMILES string of the molecule is Cc1nc2ocnc2n1C. The molecule has 0 aliphatic rings. The number of imidazole rings is 1. The fourth-order valence-corrected chi connectivity index (χ4v) is 0.916. The van der Waals surface area contributed by atoms with Crippen molar-refractivity contribution in [2.75, 3.05) is 0 Å². The molecule has 2 aromatic heterocycles. The molecule has 52 valence electrons. The van der Waals surface area contributed by atoms with E-state index in [1.54, 1.807) is 0 Å². The van der Waals surface area contributed by atoms with Gasteiger partial charge >= 0.3 is 0 Å². The summed E-state index contributed by atoms with van der Waals surface area (Å²) in [4.78, 5) is 8.08. The van der Waals surface area contributed by atoms with Crippen LogP contribution in [0.5, 0.6) is 0 Å². The molecule has 0 amide bonds. The fraction of sp³-hybridized carbons (Fsp3) is 0.333. The second kappa shape index (κ2) is 1.59. The molecule has 0 fully saturated rings. The highest BCUT2D eigenvalue weighted by Crippen LogP contribution is 2.10. The van der Waals surface area contributed by atoms with Crippen LogP contribution in [-0.4, -0.2) is 14.5 Å². The first kappa shape index (κ1) is 5.46. The van der Waals surface area contributed by atoms with Gasteiger partial charge in [-0.1, -0.05) is 0 Å². The van der Waals surface area contributed by atoms with Crippen molar-refractivity contribution in [2.45, 2.75) is 6.92 Å². The summed E-state index contributed by atoms with van der Waals surface area (Å²) in [6.45, 7) is 1.91. The Kier molecular flexibility index (Phi) is 0.869. The number of aryl methyl sites for hydroxylation is 2. The maximum absolute atomic E-state index is 4.98.